The Balaban J connectivity index is 1.90. The molecule has 5 nitrogen and oxygen atoms in total. The number of carbonyl (C=O) groups excluding carboxylic acids is 1. The lowest BCUT2D eigenvalue weighted by atomic mass is 10.1. The van der Waals surface area contributed by atoms with Crippen LogP contribution in [-0.2, 0) is 6.54 Å². The second-order valence-corrected chi connectivity index (χ2v) is 4.75. The van der Waals surface area contributed by atoms with Crippen LogP contribution in [0.2, 0.25) is 0 Å². The molecule has 0 spiro atoms. The second-order valence-electron chi connectivity index (χ2n) is 4.75. The molecule has 0 aliphatic rings. The van der Waals surface area contributed by atoms with E-state index in [1.54, 1.807) is 24.3 Å². The maximum absolute atomic E-state index is 12.1. The molecule has 5 heteroatoms. The van der Waals surface area contributed by atoms with Gasteiger partial charge in [0.1, 0.15) is 16.9 Å². The van der Waals surface area contributed by atoms with Crippen molar-refractivity contribution < 1.29 is 13.6 Å². The molecule has 1 N–H and O–H groups in total. The van der Waals surface area contributed by atoms with Crippen molar-refractivity contribution in [1.82, 2.24) is 5.32 Å². The zero-order chi connectivity index (χ0) is 14.8. The van der Waals surface area contributed by atoms with Crippen molar-refractivity contribution in [3.8, 4) is 0 Å². The third kappa shape index (κ3) is 2.72. The quantitative estimate of drug-likeness (QED) is 0.750. The van der Waals surface area contributed by atoms with Crippen molar-refractivity contribution in [2.75, 3.05) is 0 Å². The minimum Gasteiger partial charge on any atom is -0.467 e. The minimum atomic E-state index is -0.650. The van der Waals surface area contributed by atoms with Crippen molar-refractivity contribution in [1.29, 1.82) is 0 Å². The van der Waals surface area contributed by atoms with E-state index in [4.69, 9.17) is 8.83 Å². The molecule has 3 aromatic rings. The summed E-state index contributed by atoms with van der Waals surface area (Å²) in [5.74, 6) is 0.132. The first-order chi connectivity index (χ1) is 10.1. The van der Waals surface area contributed by atoms with Gasteiger partial charge in [-0.05, 0) is 37.3 Å². The van der Waals surface area contributed by atoms with Crippen molar-refractivity contribution in [3.05, 3.63) is 70.0 Å². The van der Waals surface area contributed by atoms with Gasteiger partial charge >= 0.3 is 5.63 Å². The summed E-state index contributed by atoms with van der Waals surface area (Å²) in [5.41, 5.74) is 0.828. The molecular formula is C16H13NO4. The van der Waals surface area contributed by atoms with E-state index < -0.39 is 11.5 Å². The molecule has 0 saturated carbocycles. The number of furan rings is 1. The highest BCUT2D eigenvalue weighted by Gasteiger charge is 2.13. The molecule has 0 atom stereocenters. The topological polar surface area (TPSA) is 72.5 Å². The normalized spacial score (nSPS) is 10.7. The van der Waals surface area contributed by atoms with Crippen LogP contribution >= 0.6 is 0 Å². The standard InChI is InChI=1S/C16H13NO4/c1-10-4-5-14-11(7-10)8-13(16(19)21-14)15(18)17-9-12-3-2-6-20-12/h2-8H,9H2,1H3,(H,17,18). The number of benzene rings is 1. The molecule has 0 radical (unpaired) electrons. The molecule has 1 aromatic carbocycles. The summed E-state index contributed by atoms with van der Waals surface area (Å²) in [7, 11) is 0. The molecule has 1 amide bonds. The lowest BCUT2D eigenvalue weighted by Gasteiger charge is -2.04. The van der Waals surface area contributed by atoms with Gasteiger partial charge in [-0.3, -0.25) is 4.79 Å². The fourth-order valence-electron chi connectivity index (χ4n) is 2.08. The maximum Gasteiger partial charge on any atom is 0.349 e. The van der Waals surface area contributed by atoms with E-state index in [1.165, 1.54) is 6.26 Å². The van der Waals surface area contributed by atoms with Crippen LogP contribution in [0.25, 0.3) is 11.0 Å². The Kier molecular flexibility index (Phi) is 3.31. The molecule has 21 heavy (non-hydrogen) atoms. The highest BCUT2D eigenvalue weighted by Crippen LogP contribution is 2.15. The van der Waals surface area contributed by atoms with Crippen molar-refractivity contribution >= 4 is 16.9 Å². The van der Waals surface area contributed by atoms with Crippen LogP contribution in [0, 0.1) is 6.92 Å². The number of aryl methyl sites for hydroxylation is 1. The molecule has 0 unspecified atom stereocenters. The van der Waals surface area contributed by atoms with Crippen LogP contribution in [0.3, 0.4) is 0 Å². The molecule has 0 aliphatic carbocycles. The lowest BCUT2D eigenvalue weighted by molar-refractivity contribution is 0.0944. The zero-order valence-electron chi connectivity index (χ0n) is 11.4. The van der Waals surface area contributed by atoms with E-state index in [2.05, 4.69) is 5.32 Å². The summed E-state index contributed by atoms with van der Waals surface area (Å²) in [5, 5.41) is 3.35. The van der Waals surface area contributed by atoms with E-state index in [1.807, 2.05) is 19.1 Å². The Bertz CT molecular complexity index is 846. The summed E-state index contributed by atoms with van der Waals surface area (Å²) >= 11 is 0. The van der Waals surface area contributed by atoms with Crippen LogP contribution in [0.15, 0.2) is 56.3 Å². The summed E-state index contributed by atoms with van der Waals surface area (Å²) in [6, 6.07) is 10.5. The van der Waals surface area contributed by atoms with Gasteiger partial charge < -0.3 is 14.2 Å². The minimum absolute atomic E-state index is 0.0142. The molecule has 0 saturated heterocycles. The molecule has 0 aliphatic heterocycles. The molecule has 2 heterocycles. The average Bonchev–Trinajstić information content (AvgIpc) is 2.98. The summed E-state index contributed by atoms with van der Waals surface area (Å²) in [6.07, 6.45) is 1.52. The summed E-state index contributed by atoms with van der Waals surface area (Å²) in [4.78, 5) is 23.9. The number of rotatable bonds is 3. The Morgan fingerprint density at radius 1 is 1.24 bits per heavy atom. The van der Waals surface area contributed by atoms with E-state index in [-0.39, 0.29) is 12.1 Å². The molecule has 2 aromatic heterocycles. The maximum atomic E-state index is 12.1. The van der Waals surface area contributed by atoms with Gasteiger partial charge in [-0.15, -0.1) is 0 Å². The van der Waals surface area contributed by atoms with Crippen LogP contribution < -0.4 is 10.9 Å². The highest BCUT2D eigenvalue weighted by atomic mass is 16.4. The van der Waals surface area contributed by atoms with Crippen LogP contribution in [0.4, 0.5) is 0 Å². The third-order valence-corrected chi connectivity index (χ3v) is 3.14. The summed E-state index contributed by atoms with van der Waals surface area (Å²) in [6.45, 7) is 2.15. The van der Waals surface area contributed by atoms with Gasteiger partial charge in [0.15, 0.2) is 0 Å². The van der Waals surface area contributed by atoms with E-state index in [0.29, 0.717) is 11.3 Å². The number of hydrogen-bond donors (Lipinski definition) is 1. The molecule has 0 bridgehead atoms. The largest absolute Gasteiger partial charge is 0.467 e. The average molecular weight is 283 g/mol. The van der Waals surface area contributed by atoms with Crippen LogP contribution in [0.5, 0.6) is 0 Å². The van der Waals surface area contributed by atoms with Gasteiger partial charge in [-0.2, -0.15) is 0 Å². The first-order valence-electron chi connectivity index (χ1n) is 6.48. The predicted octanol–water partition coefficient (Wildman–Crippen LogP) is 2.62. The molecule has 0 fully saturated rings. The van der Waals surface area contributed by atoms with Crippen molar-refractivity contribution in [2.24, 2.45) is 0 Å². The Morgan fingerprint density at radius 3 is 2.86 bits per heavy atom. The first-order valence-corrected chi connectivity index (χ1v) is 6.48. The molecular weight excluding hydrogens is 270 g/mol. The van der Waals surface area contributed by atoms with E-state index in [9.17, 15) is 9.59 Å². The Hall–Kier alpha value is -2.82. The molecule has 106 valence electrons. The smallest absolute Gasteiger partial charge is 0.349 e. The van der Waals surface area contributed by atoms with Crippen LogP contribution in [0.1, 0.15) is 21.7 Å². The highest BCUT2D eigenvalue weighted by molar-refractivity contribution is 5.96. The molecule has 3 rings (SSSR count). The first kappa shape index (κ1) is 13.2. The fraction of sp³-hybridized carbons (Fsp3) is 0.125. The number of carbonyl (C=O) groups is 1. The SMILES string of the molecule is Cc1ccc2oc(=O)c(C(=O)NCc3ccco3)cc2c1. The van der Waals surface area contributed by atoms with Gasteiger partial charge in [0.05, 0.1) is 12.8 Å². The number of fused-ring (bicyclic) bond motifs is 1. The fourth-order valence-corrected chi connectivity index (χ4v) is 2.08. The lowest BCUT2D eigenvalue weighted by Crippen LogP contribution is -2.27. The zero-order valence-corrected chi connectivity index (χ0v) is 11.4. The predicted molar refractivity (Wildman–Crippen MR) is 77.1 cm³/mol. The van der Waals surface area contributed by atoms with Gasteiger partial charge in [0.25, 0.3) is 5.91 Å². The third-order valence-electron chi connectivity index (χ3n) is 3.14. The van der Waals surface area contributed by atoms with Crippen LogP contribution in [-0.4, -0.2) is 5.91 Å². The van der Waals surface area contributed by atoms with E-state index in [0.717, 1.165) is 10.9 Å². The van der Waals surface area contributed by atoms with Crippen molar-refractivity contribution in [3.63, 3.8) is 0 Å². The number of amides is 1. The van der Waals surface area contributed by atoms with Gasteiger partial charge in [0, 0.05) is 5.39 Å². The summed E-state index contributed by atoms with van der Waals surface area (Å²) < 4.78 is 10.3. The Labute approximate surface area is 120 Å². The second kappa shape index (κ2) is 5.28. The van der Waals surface area contributed by atoms with Gasteiger partial charge in [-0.1, -0.05) is 11.6 Å². The monoisotopic (exact) mass is 283 g/mol. The number of nitrogens with one attached hydrogen (secondary N) is 1. The van der Waals surface area contributed by atoms with Gasteiger partial charge in [0.2, 0.25) is 0 Å². The van der Waals surface area contributed by atoms with Crippen molar-refractivity contribution in [2.45, 2.75) is 13.5 Å². The Morgan fingerprint density at radius 2 is 2.10 bits per heavy atom. The number of hydrogen-bond acceptors (Lipinski definition) is 4. The van der Waals surface area contributed by atoms with E-state index >= 15 is 0 Å². The van der Waals surface area contributed by atoms with Gasteiger partial charge in [-0.25, -0.2) is 4.79 Å².